The van der Waals surface area contributed by atoms with Crippen LogP contribution in [0.2, 0.25) is 0 Å². The highest BCUT2D eigenvalue weighted by Gasteiger charge is 2.00. The molecule has 1 atom stereocenters. The van der Waals surface area contributed by atoms with Crippen molar-refractivity contribution in [3.05, 3.63) is 0 Å². The number of carbonyl (C=O) groups is 1. The number of nitrogens with two attached hydrogens (primary N) is 1. The van der Waals surface area contributed by atoms with Crippen LogP contribution in [-0.2, 0) is 4.79 Å². The summed E-state index contributed by atoms with van der Waals surface area (Å²) in [7, 11) is 1.71. The molecule has 0 aliphatic rings. The molecule has 1 amide bonds. The molecule has 1 unspecified atom stereocenters. The average Bonchev–Trinajstić information content (AvgIpc) is 1.84. The van der Waals surface area contributed by atoms with E-state index in [0.717, 1.165) is 6.41 Å². The van der Waals surface area contributed by atoms with Gasteiger partial charge in [0, 0.05) is 19.6 Å². The molecule has 0 saturated carbocycles. The van der Waals surface area contributed by atoms with Gasteiger partial charge in [-0.3, -0.25) is 4.79 Å². The van der Waals surface area contributed by atoms with E-state index in [1.807, 2.05) is 6.92 Å². The maximum absolute atomic E-state index is 9.98. The van der Waals surface area contributed by atoms with Crippen LogP contribution >= 0.6 is 0 Å². The average molecular weight is 116 g/mol. The van der Waals surface area contributed by atoms with Crippen LogP contribution in [0.1, 0.15) is 6.92 Å². The topological polar surface area (TPSA) is 46.3 Å². The van der Waals surface area contributed by atoms with E-state index in [1.54, 1.807) is 11.9 Å². The monoisotopic (exact) mass is 116 g/mol. The van der Waals surface area contributed by atoms with Crippen molar-refractivity contribution >= 4 is 6.41 Å². The van der Waals surface area contributed by atoms with E-state index in [9.17, 15) is 4.79 Å². The van der Waals surface area contributed by atoms with E-state index in [4.69, 9.17) is 5.73 Å². The van der Waals surface area contributed by atoms with Gasteiger partial charge in [0.05, 0.1) is 0 Å². The zero-order chi connectivity index (χ0) is 6.57. The summed E-state index contributed by atoms with van der Waals surface area (Å²) in [5.41, 5.74) is 5.25. The first-order chi connectivity index (χ1) is 3.72. The van der Waals surface area contributed by atoms with Gasteiger partial charge < -0.3 is 10.6 Å². The third kappa shape index (κ3) is 1.93. The number of hydrogen-bond donors (Lipinski definition) is 1. The van der Waals surface area contributed by atoms with E-state index in [2.05, 4.69) is 0 Å². The van der Waals surface area contributed by atoms with Gasteiger partial charge in [0.25, 0.3) is 0 Å². The molecule has 8 heavy (non-hydrogen) atoms. The summed E-state index contributed by atoms with van der Waals surface area (Å²) in [6.07, 6.45) is 0.775. The molecule has 0 aliphatic heterocycles. The van der Waals surface area contributed by atoms with Crippen LogP contribution in [0.15, 0.2) is 0 Å². The Labute approximate surface area is 49.5 Å². The standard InChI is InChI=1S/C5H12N2O/c1-5(3-6)7(2)4-8/h4-5H,3,6H2,1-2H3. The van der Waals surface area contributed by atoms with Crippen LogP contribution in [0, 0.1) is 0 Å². The van der Waals surface area contributed by atoms with Crippen LogP contribution in [0.4, 0.5) is 0 Å². The number of carbonyl (C=O) groups excluding carboxylic acids is 1. The van der Waals surface area contributed by atoms with Gasteiger partial charge in [0.15, 0.2) is 0 Å². The van der Waals surface area contributed by atoms with Gasteiger partial charge in [-0.05, 0) is 6.92 Å². The van der Waals surface area contributed by atoms with E-state index in [-0.39, 0.29) is 6.04 Å². The highest BCUT2D eigenvalue weighted by molar-refractivity contribution is 5.46. The fraction of sp³-hybridized carbons (Fsp3) is 0.800. The summed E-state index contributed by atoms with van der Waals surface area (Å²) in [5, 5.41) is 0. The Balaban J connectivity index is 3.44. The minimum atomic E-state index is 0.160. The summed E-state index contributed by atoms with van der Waals surface area (Å²) >= 11 is 0. The molecule has 0 aromatic heterocycles. The predicted molar refractivity (Wildman–Crippen MR) is 32.3 cm³/mol. The lowest BCUT2D eigenvalue weighted by atomic mass is 10.3. The van der Waals surface area contributed by atoms with Crippen molar-refractivity contribution < 1.29 is 4.79 Å². The Morgan fingerprint density at radius 2 is 2.38 bits per heavy atom. The minimum absolute atomic E-state index is 0.160. The lowest BCUT2D eigenvalue weighted by Gasteiger charge is -2.17. The maximum atomic E-state index is 9.98. The van der Waals surface area contributed by atoms with Gasteiger partial charge >= 0.3 is 0 Å². The summed E-state index contributed by atoms with van der Waals surface area (Å²) in [4.78, 5) is 11.5. The van der Waals surface area contributed by atoms with E-state index in [0.29, 0.717) is 6.54 Å². The second-order valence-electron chi connectivity index (χ2n) is 1.86. The van der Waals surface area contributed by atoms with E-state index < -0.39 is 0 Å². The van der Waals surface area contributed by atoms with Gasteiger partial charge in [-0.15, -0.1) is 0 Å². The Kier molecular flexibility index (Phi) is 3.19. The van der Waals surface area contributed by atoms with Gasteiger partial charge in [0.2, 0.25) is 6.41 Å². The molecule has 0 saturated heterocycles. The van der Waals surface area contributed by atoms with Crippen molar-refractivity contribution in [3.63, 3.8) is 0 Å². The number of nitrogens with zero attached hydrogens (tertiary/aromatic N) is 1. The Hall–Kier alpha value is -0.570. The summed E-state index contributed by atoms with van der Waals surface area (Å²) in [5.74, 6) is 0. The largest absolute Gasteiger partial charge is 0.344 e. The molecule has 0 aliphatic carbocycles. The molecule has 3 heteroatoms. The molecule has 2 N–H and O–H groups in total. The second-order valence-corrected chi connectivity index (χ2v) is 1.86. The third-order valence-electron chi connectivity index (χ3n) is 1.20. The molecule has 0 aromatic rings. The van der Waals surface area contributed by atoms with Crippen molar-refractivity contribution in [1.82, 2.24) is 4.90 Å². The highest BCUT2D eigenvalue weighted by Crippen LogP contribution is 1.85. The molecule has 48 valence electrons. The van der Waals surface area contributed by atoms with Gasteiger partial charge in [-0.1, -0.05) is 0 Å². The second kappa shape index (κ2) is 3.43. The van der Waals surface area contributed by atoms with Crippen molar-refractivity contribution in [3.8, 4) is 0 Å². The Bertz CT molecular complexity index is 74.8. The third-order valence-corrected chi connectivity index (χ3v) is 1.20. The smallest absolute Gasteiger partial charge is 0.209 e. The van der Waals surface area contributed by atoms with Crippen LogP contribution in [-0.4, -0.2) is 30.9 Å². The first kappa shape index (κ1) is 7.43. The fourth-order valence-electron chi connectivity index (χ4n) is 0.270. The number of amides is 1. The molecule has 0 bridgehead atoms. The Morgan fingerprint density at radius 1 is 1.88 bits per heavy atom. The lowest BCUT2D eigenvalue weighted by molar-refractivity contribution is -0.118. The molecule has 0 radical (unpaired) electrons. The van der Waals surface area contributed by atoms with Crippen molar-refractivity contribution in [2.75, 3.05) is 13.6 Å². The number of likely N-dealkylation sites (N-methyl/N-ethyl adjacent to an activating group) is 1. The van der Waals surface area contributed by atoms with Crippen LogP contribution < -0.4 is 5.73 Å². The molecule has 0 spiro atoms. The van der Waals surface area contributed by atoms with Crippen LogP contribution in [0.3, 0.4) is 0 Å². The van der Waals surface area contributed by atoms with Crippen molar-refractivity contribution in [1.29, 1.82) is 0 Å². The number of hydrogen-bond acceptors (Lipinski definition) is 2. The zero-order valence-corrected chi connectivity index (χ0v) is 5.29. The van der Waals surface area contributed by atoms with E-state index >= 15 is 0 Å². The molecular weight excluding hydrogens is 104 g/mol. The SMILES string of the molecule is CC(CN)N(C)C=O. The predicted octanol–water partition coefficient (Wildman–Crippen LogP) is -0.578. The van der Waals surface area contributed by atoms with Gasteiger partial charge in [-0.25, -0.2) is 0 Å². The van der Waals surface area contributed by atoms with Crippen molar-refractivity contribution in [2.24, 2.45) is 5.73 Å². The summed E-state index contributed by atoms with van der Waals surface area (Å²) < 4.78 is 0. The van der Waals surface area contributed by atoms with E-state index in [1.165, 1.54) is 0 Å². The van der Waals surface area contributed by atoms with Crippen LogP contribution in [0.5, 0.6) is 0 Å². The first-order valence-electron chi connectivity index (χ1n) is 2.59. The molecule has 0 aromatic carbocycles. The first-order valence-corrected chi connectivity index (χ1v) is 2.59. The quantitative estimate of drug-likeness (QED) is 0.501. The Morgan fingerprint density at radius 3 is 2.50 bits per heavy atom. The molecule has 0 fully saturated rings. The fourth-order valence-corrected chi connectivity index (χ4v) is 0.270. The zero-order valence-electron chi connectivity index (χ0n) is 5.29. The van der Waals surface area contributed by atoms with Gasteiger partial charge in [-0.2, -0.15) is 0 Å². The highest BCUT2D eigenvalue weighted by atomic mass is 16.1. The van der Waals surface area contributed by atoms with Crippen molar-refractivity contribution in [2.45, 2.75) is 13.0 Å². The molecule has 0 heterocycles. The molecular formula is C5H12N2O. The van der Waals surface area contributed by atoms with Gasteiger partial charge in [0.1, 0.15) is 0 Å². The van der Waals surface area contributed by atoms with Crippen LogP contribution in [0.25, 0.3) is 0 Å². The lowest BCUT2D eigenvalue weighted by Crippen LogP contribution is -2.33. The molecule has 0 rings (SSSR count). The molecule has 3 nitrogen and oxygen atoms in total. The minimum Gasteiger partial charge on any atom is -0.344 e. The summed E-state index contributed by atoms with van der Waals surface area (Å²) in [6, 6.07) is 0.160. The number of rotatable bonds is 3. The summed E-state index contributed by atoms with van der Waals surface area (Å²) in [6.45, 7) is 2.42. The maximum Gasteiger partial charge on any atom is 0.209 e. The normalized spacial score (nSPS) is 12.9.